The molecule has 0 atom stereocenters. The first kappa shape index (κ1) is 9.03. The minimum absolute atomic E-state index is 0.494. The smallest absolute Gasteiger partial charge is 0.127 e. The summed E-state index contributed by atoms with van der Waals surface area (Å²) in [6.07, 6.45) is -0.494. The van der Waals surface area contributed by atoms with Crippen molar-refractivity contribution in [3.63, 3.8) is 0 Å². The lowest BCUT2D eigenvalue weighted by Crippen LogP contribution is -2.38. The molecule has 1 rings (SSSR count). The molecule has 0 heterocycles. The largest absolute Gasteiger partial charge is 0.358 e. The van der Waals surface area contributed by atoms with Gasteiger partial charge in [0.15, 0.2) is 0 Å². The summed E-state index contributed by atoms with van der Waals surface area (Å²) in [4.78, 5) is 0. The second kappa shape index (κ2) is 3.56. The van der Waals surface area contributed by atoms with Gasteiger partial charge in [-0.3, -0.25) is 11.5 Å². The summed E-state index contributed by atoms with van der Waals surface area (Å²) in [6, 6.07) is 6.13. The van der Waals surface area contributed by atoms with E-state index in [1.165, 1.54) is 11.1 Å². The monoisotopic (exact) mass is 165 g/mol. The van der Waals surface area contributed by atoms with E-state index in [0.717, 1.165) is 5.69 Å². The maximum atomic E-state index is 5.39. The van der Waals surface area contributed by atoms with Crippen LogP contribution in [0.2, 0.25) is 0 Å². The third-order valence-corrected chi connectivity index (χ3v) is 1.56. The summed E-state index contributed by atoms with van der Waals surface area (Å²) in [5, 5.41) is 2.94. The summed E-state index contributed by atoms with van der Waals surface area (Å²) in [5.74, 6) is 0. The molecule has 0 unspecified atom stereocenters. The van der Waals surface area contributed by atoms with Gasteiger partial charge in [0, 0.05) is 5.69 Å². The first-order valence-corrected chi connectivity index (χ1v) is 3.94. The first-order valence-electron chi connectivity index (χ1n) is 3.94. The fourth-order valence-electron chi connectivity index (χ4n) is 1.25. The van der Waals surface area contributed by atoms with E-state index in [2.05, 4.69) is 11.4 Å². The van der Waals surface area contributed by atoms with Crippen LogP contribution in [0.3, 0.4) is 0 Å². The molecule has 66 valence electrons. The van der Waals surface area contributed by atoms with Gasteiger partial charge in [-0.05, 0) is 37.1 Å². The molecule has 1 aromatic rings. The first-order chi connectivity index (χ1) is 5.58. The van der Waals surface area contributed by atoms with Crippen molar-refractivity contribution in [2.75, 3.05) is 5.32 Å². The molecule has 0 radical (unpaired) electrons. The maximum Gasteiger partial charge on any atom is 0.127 e. The van der Waals surface area contributed by atoms with E-state index >= 15 is 0 Å². The third kappa shape index (κ3) is 2.53. The highest BCUT2D eigenvalue weighted by Gasteiger charge is 1.96. The van der Waals surface area contributed by atoms with Crippen LogP contribution >= 0.6 is 0 Å². The van der Waals surface area contributed by atoms with Gasteiger partial charge >= 0.3 is 0 Å². The van der Waals surface area contributed by atoms with Gasteiger partial charge in [0.2, 0.25) is 0 Å². The van der Waals surface area contributed by atoms with Crippen LogP contribution in [-0.4, -0.2) is 6.29 Å². The summed E-state index contributed by atoms with van der Waals surface area (Å²) >= 11 is 0. The van der Waals surface area contributed by atoms with Crippen LogP contribution in [0.25, 0.3) is 0 Å². The lowest BCUT2D eigenvalue weighted by atomic mass is 10.1. The Hall–Kier alpha value is -1.06. The average molecular weight is 165 g/mol. The molecule has 0 fully saturated rings. The van der Waals surface area contributed by atoms with E-state index in [1.54, 1.807) is 0 Å². The van der Waals surface area contributed by atoms with Crippen LogP contribution in [0, 0.1) is 13.8 Å². The van der Waals surface area contributed by atoms with Crippen molar-refractivity contribution in [3.8, 4) is 0 Å². The molecule has 0 saturated heterocycles. The summed E-state index contributed by atoms with van der Waals surface area (Å²) in [7, 11) is 0. The van der Waals surface area contributed by atoms with Gasteiger partial charge in [0.05, 0.1) is 0 Å². The topological polar surface area (TPSA) is 64.1 Å². The van der Waals surface area contributed by atoms with Gasteiger partial charge in [-0.1, -0.05) is 6.07 Å². The third-order valence-electron chi connectivity index (χ3n) is 1.56. The Morgan fingerprint density at radius 3 is 2.00 bits per heavy atom. The average Bonchev–Trinajstić information content (AvgIpc) is 1.81. The van der Waals surface area contributed by atoms with Gasteiger partial charge in [0.1, 0.15) is 6.29 Å². The van der Waals surface area contributed by atoms with Crippen LogP contribution < -0.4 is 16.8 Å². The molecule has 3 nitrogen and oxygen atoms in total. The molecule has 0 saturated carbocycles. The van der Waals surface area contributed by atoms with Crippen LogP contribution in [0.4, 0.5) is 5.69 Å². The van der Waals surface area contributed by atoms with Gasteiger partial charge in [0.25, 0.3) is 0 Å². The van der Waals surface area contributed by atoms with Crippen LogP contribution in [0.1, 0.15) is 11.1 Å². The lowest BCUT2D eigenvalue weighted by molar-refractivity contribution is 0.807. The second-order valence-electron chi connectivity index (χ2n) is 3.05. The number of hydrogen-bond acceptors (Lipinski definition) is 3. The lowest BCUT2D eigenvalue weighted by Gasteiger charge is -2.11. The van der Waals surface area contributed by atoms with E-state index in [0.29, 0.717) is 0 Å². The van der Waals surface area contributed by atoms with Crippen molar-refractivity contribution in [2.45, 2.75) is 20.1 Å². The Kier molecular flexibility index (Phi) is 2.68. The van der Waals surface area contributed by atoms with Gasteiger partial charge in [-0.25, -0.2) is 0 Å². The van der Waals surface area contributed by atoms with Crippen LogP contribution in [-0.2, 0) is 0 Å². The molecule has 12 heavy (non-hydrogen) atoms. The number of aryl methyl sites for hydroxylation is 2. The van der Waals surface area contributed by atoms with E-state index < -0.39 is 6.29 Å². The predicted octanol–water partition coefficient (Wildman–Crippen LogP) is 0.916. The highest BCUT2D eigenvalue weighted by atomic mass is 15.1. The summed E-state index contributed by atoms with van der Waals surface area (Å²) < 4.78 is 0. The molecular formula is C9H15N3. The molecule has 0 aliphatic rings. The Morgan fingerprint density at radius 1 is 1.08 bits per heavy atom. The number of nitrogens with one attached hydrogen (secondary N) is 1. The van der Waals surface area contributed by atoms with E-state index in [-0.39, 0.29) is 0 Å². The van der Waals surface area contributed by atoms with Gasteiger partial charge in [-0.2, -0.15) is 0 Å². The van der Waals surface area contributed by atoms with Crippen molar-refractivity contribution >= 4 is 5.69 Å². The molecule has 3 heteroatoms. The second-order valence-corrected chi connectivity index (χ2v) is 3.05. The quantitative estimate of drug-likeness (QED) is 0.571. The van der Waals surface area contributed by atoms with E-state index in [9.17, 15) is 0 Å². The van der Waals surface area contributed by atoms with Gasteiger partial charge in [-0.15, -0.1) is 0 Å². The fraction of sp³-hybridized carbons (Fsp3) is 0.333. The van der Waals surface area contributed by atoms with E-state index in [4.69, 9.17) is 11.5 Å². The molecule has 5 N–H and O–H groups in total. The summed E-state index contributed by atoms with van der Waals surface area (Å²) in [5.41, 5.74) is 14.2. The maximum absolute atomic E-state index is 5.39. The van der Waals surface area contributed by atoms with Crippen molar-refractivity contribution < 1.29 is 0 Å². The zero-order valence-corrected chi connectivity index (χ0v) is 7.46. The Morgan fingerprint density at radius 2 is 1.58 bits per heavy atom. The Balaban J connectivity index is 2.85. The van der Waals surface area contributed by atoms with Crippen molar-refractivity contribution in [3.05, 3.63) is 29.3 Å². The minimum atomic E-state index is -0.494. The molecule has 1 aromatic carbocycles. The zero-order chi connectivity index (χ0) is 9.14. The number of benzene rings is 1. The van der Waals surface area contributed by atoms with Crippen LogP contribution in [0.5, 0.6) is 0 Å². The number of nitrogens with two attached hydrogens (primary N) is 2. The highest BCUT2D eigenvalue weighted by Crippen LogP contribution is 2.13. The van der Waals surface area contributed by atoms with Crippen molar-refractivity contribution in [2.24, 2.45) is 11.5 Å². The molecule has 0 amide bonds. The van der Waals surface area contributed by atoms with Crippen molar-refractivity contribution in [1.29, 1.82) is 0 Å². The summed E-state index contributed by atoms with van der Waals surface area (Å²) in [6.45, 7) is 4.08. The normalized spacial score (nSPS) is 10.4. The Bertz CT molecular complexity index is 248. The van der Waals surface area contributed by atoms with Crippen molar-refractivity contribution in [1.82, 2.24) is 0 Å². The number of hydrogen-bond donors (Lipinski definition) is 3. The molecule has 0 aromatic heterocycles. The SMILES string of the molecule is Cc1cc(C)cc(NC(N)N)c1. The van der Waals surface area contributed by atoms with Gasteiger partial charge < -0.3 is 5.32 Å². The number of anilines is 1. The van der Waals surface area contributed by atoms with Crippen LogP contribution in [0.15, 0.2) is 18.2 Å². The molecule has 0 aliphatic carbocycles. The molecule has 0 bridgehead atoms. The standard InChI is InChI=1S/C9H15N3/c1-6-3-7(2)5-8(4-6)12-9(10)11/h3-5,9,12H,10-11H2,1-2H3. The predicted molar refractivity (Wildman–Crippen MR) is 51.7 cm³/mol. The Labute approximate surface area is 72.8 Å². The number of rotatable bonds is 2. The minimum Gasteiger partial charge on any atom is -0.358 e. The molecular weight excluding hydrogens is 150 g/mol. The highest BCUT2D eigenvalue weighted by molar-refractivity contribution is 5.48. The molecule has 0 aliphatic heterocycles. The zero-order valence-electron chi connectivity index (χ0n) is 7.46. The van der Waals surface area contributed by atoms with E-state index in [1.807, 2.05) is 26.0 Å². The fourth-order valence-corrected chi connectivity index (χ4v) is 1.25. The molecule has 0 spiro atoms.